The summed E-state index contributed by atoms with van der Waals surface area (Å²) in [7, 11) is 0. The number of thiazole rings is 1. The molecule has 5 heteroatoms. The van der Waals surface area contributed by atoms with Crippen LogP contribution < -0.4 is 5.73 Å². The van der Waals surface area contributed by atoms with Gasteiger partial charge in [-0.25, -0.2) is 8.78 Å². The van der Waals surface area contributed by atoms with Crippen LogP contribution in [0.25, 0.3) is 0 Å². The Hall–Kier alpha value is -1.33. The van der Waals surface area contributed by atoms with Crippen molar-refractivity contribution in [2.24, 2.45) is 5.73 Å². The van der Waals surface area contributed by atoms with Crippen molar-refractivity contribution >= 4 is 11.3 Å². The van der Waals surface area contributed by atoms with Crippen LogP contribution in [0.3, 0.4) is 0 Å². The molecule has 0 saturated heterocycles. The highest BCUT2D eigenvalue weighted by molar-refractivity contribution is 7.09. The van der Waals surface area contributed by atoms with E-state index < -0.39 is 11.6 Å². The molecule has 1 aromatic carbocycles. The molecule has 0 fully saturated rings. The molecule has 1 aromatic heterocycles. The molecule has 0 bridgehead atoms. The number of benzene rings is 1. The lowest BCUT2D eigenvalue weighted by Gasteiger charge is -2.09. The summed E-state index contributed by atoms with van der Waals surface area (Å²) in [5.74, 6) is -1.66. The third-order valence-electron chi connectivity index (χ3n) is 2.29. The van der Waals surface area contributed by atoms with Gasteiger partial charge < -0.3 is 5.73 Å². The highest BCUT2D eigenvalue weighted by Gasteiger charge is 2.13. The summed E-state index contributed by atoms with van der Waals surface area (Å²) in [4.78, 5) is 4.76. The van der Waals surface area contributed by atoms with E-state index >= 15 is 0 Å². The zero-order chi connectivity index (χ0) is 11.5. The SMILES string of the molecule is NC(Cc1cccc(F)c1F)c1cncs1. The predicted molar refractivity (Wildman–Crippen MR) is 59.1 cm³/mol. The number of aromatic nitrogens is 1. The van der Waals surface area contributed by atoms with Crippen molar-refractivity contribution in [3.05, 3.63) is 52.0 Å². The van der Waals surface area contributed by atoms with Crippen LogP contribution in [0.5, 0.6) is 0 Å². The third-order valence-corrected chi connectivity index (χ3v) is 3.20. The monoisotopic (exact) mass is 240 g/mol. The molecule has 2 nitrogen and oxygen atoms in total. The molecule has 2 aromatic rings. The Kier molecular flexibility index (Phi) is 3.26. The maximum atomic E-state index is 13.4. The molecule has 1 heterocycles. The highest BCUT2D eigenvalue weighted by Crippen LogP contribution is 2.21. The molecule has 0 radical (unpaired) electrons. The molecule has 0 spiro atoms. The molecule has 1 atom stereocenters. The smallest absolute Gasteiger partial charge is 0.162 e. The van der Waals surface area contributed by atoms with Gasteiger partial charge in [0.1, 0.15) is 0 Å². The standard InChI is InChI=1S/C11H10F2N2S/c12-8-3-1-2-7(11(8)13)4-9(14)10-5-15-6-16-10/h1-3,5-6,9H,4,14H2. The Morgan fingerprint density at radius 1 is 1.38 bits per heavy atom. The summed E-state index contributed by atoms with van der Waals surface area (Å²) in [6.45, 7) is 0. The molecule has 0 amide bonds. The van der Waals surface area contributed by atoms with Gasteiger partial charge in [0.2, 0.25) is 0 Å². The number of rotatable bonds is 3. The second-order valence-corrected chi connectivity index (χ2v) is 4.35. The molecule has 2 N–H and O–H groups in total. The Balaban J connectivity index is 2.18. The predicted octanol–water partition coefficient (Wildman–Crippen LogP) is 2.66. The molecule has 0 saturated carbocycles. The summed E-state index contributed by atoms with van der Waals surface area (Å²) in [5.41, 5.74) is 7.83. The molecule has 1 unspecified atom stereocenters. The van der Waals surface area contributed by atoms with Gasteiger partial charge in [-0.1, -0.05) is 12.1 Å². The van der Waals surface area contributed by atoms with Gasteiger partial charge in [0, 0.05) is 17.1 Å². The fourth-order valence-corrected chi connectivity index (χ4v) is 2.08. The fourth-order valence-electron chi connectivity index (χ4n) is 1.45. The minimum Gasteiger partial charge on any atom is -0.323 e. The van der Waals surface area contributed by atoms with Crippen LogP contribution in [0.1, 0.15) is 16.5 Å². The van der Waals surface area contributed by atoms with Crippen molar-refractivity contribution in [2.75, 3.05) is 0 Å². The number of hydrogen-bond acceptors (Lipinski definition) is 3. The Morgan fingerprint density at radius 3 is 2.88 bits per heavy atom. The molecule has 16 heavy (non-hydrogen) atoms. The van der Waals surface area contributed by atoms with Crippen LogP contribution in [0.15, 0.2) is 29.9 Å². The minimum absolute atomic E-state index is 0.270. The van der Waals surface area contributed by atoms with E-state index in [1.54, 1.807) is 17.8 Å². The van der Waals surface area contributed by atoms with Gasteiger partial charge in [0.15, 0.2) is 11.6 Å². The number of nitrogens with two attached hydrogens (primary N) is 1. The molecule has 2 rings (SSSR count). The minimum atomic E-state index is -0.839. The van der Waals surface area contributed by atoms with Gasteiger partial charge in [-0.2, -0.15) is 0 Å². The average Bonchev–Trinajstić information content (AvgIpc) is 2.78. The Labute approximate surface area is 95.7 Å². The lowest BCUT2D eigenvalue weighted by Crippen LogP contribution is -2.13. The molecule has 0 aliphatic rings. The first kappa shape index (κ1) is 11.2. The van der Waals surface area contributed by atoms with E-state index in [1.807, 2.05) is 0 Å². The largest absolute Gasteiger partial charge is 0.323 e. The summed E-state index contributed by atoms with van der Waals surface area (Å²) >= 11 is 1.41. The molecule has 0 aliphatic heterocycles. The fraction of sp³-hybridized carbons (Fsp3) is 0.182. The van der Waals surface area contributed by atoms with Crippen molar-refractivity contribution in [1.82, 2.24) is 4.98 Å². The summed E-state index contributed by atoms with van der Waals surface area (Å²) in [5, 5.41) is 0. The number of hydrogen-bond donors (Lipinski definition) is 1. The van der Waals surface area contributed by atoms with Gasteiger partial charge in [-0.15, -0.1) is 11.3 Å². The van der Waals surface area contributed by atoms with Crippen molar-refractivity contribution in [3.8, 4) is 0 Å². The van der Waals surface area contributed by atoms with Crippen molar-refractivity contribution < 1.29 is 8.78 Å². The zero-order valence-corrected chi connectivity index (χ0v) is 9.18. The van der Waals surface area contributed by atoms with Gasteiger partial charge in [0.05, 0.1) is 5.51 Å². The lowest BCUT2D eigenvalue weighted by atomic mass is 10.1. The van der Waals surface area contributed by atoms with Crippen LogP contribution in [0.4, 0.5) is 8.78 Å². The van der Waals surface area contributed by atoms with E-state index in [0.717, 1.165) is 10.9 Å². The van der Waals surface area contributed by atoms with Crippen LogP contribution >= 0.6 is 11.3 Å². The van der Waals surface area contributed by atoms with Crippen molar-refractivity contribution in [1.29, 1.82) is 0 Å². The number of nitrogens with zero attached hydrogens (tertiary/aromatic N) is 1. The first-order chi connectivity index (χ1) is 7.68. The van der Waals surface area contributed by atoms with Crippen LogP contribution in [0.2, 0.25) is 0 Å². The maximum Gasteiger partial charge on any atom is 0.162 e. The second-order valence-electron chi connectivity index (χ2n) is 3.43. The Morgan fingerprint density at radius 2 is 2.19 bits per heavy atom. The van der Waals surface area contributed by atoms with Gasteiger partial charge in [-0.05, 0) is 18.1 Å². The topological polar surface area (TPSA) is 38.9 Å². The normalized spacial score (nSPS) is 12.7. The van der Waals surface area contributed by atoms with Gasteiger partial charge >= 0.3 is 0 Å². The van der Waals surface area contributed by atoms with Crippen molar-refractivity contribution in [3.63, 3.8) is 0 Å². The van der Waals surface area contributed by atoms with E-state index in [9.17, 15) is 8.78 Å². The van der Waals surface area contributed by atoms with Crippen LogP contribution in [-0.4, -0.2) is 4.98 Å². The molecule has 84 valence electrons. The lowest BCUT2D eigenvalue weighted by molar-refractivity contribution is 0.494. The molecular weight excluding hydrogens is 230 g/mol. The van der Waals surface area contributed by atoms with E-state index in [0.29, 0.717) is 5.56 Å². The third kappa shape index (κ3) is 2.25. The van der Waals surface area contributed by atoms with E-state index in [4.69, 9.17) is 5.73 Å². The van der Waals surface area contributed by atoms with Crippen molar-refractivity contribution in [2.45, 2.75) is 12.5 Å². The summed E-state index contributed by atoms with van der Waals surface area (Å²) < 4.78 is 26.3. The van der Waals surface area contributed by atoms with Crippen LogP contribution in [-0.2, 0) is 6.42 Å². The summed E-state index contributed by atoms with van der Waals surface area (Å²) in [6.07, 6.45) is 1.92. The first-order valence-corrected chi connectivity index (χ1v) is 5.63. The average molecular weight is 240 g/mol. The van der Waals surface area contributed by atoms with Gasteiger partial charge in [-0.3, -0.25) is 4.98 Å². The number of halogens is 2. The van der Waals surface area contributed by atoms with E-state index in [-0.39, 0.29) is 12.5 Å². The zero-order valence-electron chi connectivity index (χ0n) is 8.36. The Bertz CT molecular complexity index is 471. The van der Waals surface area contributed by atoms with E-state index in [1.165, 1.54) is 17.4 Å². The molecule has 0 aliphatic carbocycles. The highest BCUT2D eigenvalue weighted by atomic mass is 32.1. The maximum absolute atomic E-state index is 13.4. The summed E-state index contributed by atoms with van der Waals surface area (Å²) in [6, 6.07) is 3.77. The second kappa shape index (κ2) is 4.67. The quantitative estimate of drug-likeness (QED) is 0.895. The van der Waals surface area contributed by atoms with Gasteiger partial charge in [0.25, 0.3) is 0 Å². The first-order valence-electron chi connectivity index (χ1n) is 4.75. The molecular formula is C11H10F2N2S. The van der Waals surface area contributed by atoms with Crippen LogP contribution in [0, 0.1) is 11.6 Å². The van der Waals surface area contributed by atoms with E-state index in [2.05, 4.69) is 4.98 Å².